The number of sulfone groups is 1. The summed E-state index contributed by atoms with van der Waals surface area (Å²) < 4.78 is 46.6. The fourth-order valence-electron chi connectivity index (χ4n) is 2.02. The predicted octanol–water partition coefficient (Wildman–Crippen LogP) is 0.784. The van der Waals surface area contributed by atoms with Crippen LogP contribution in [0, 0.1) is 0 Å². The third-order valence-electron chi connectivity index (χ3n) is 3.28. The molecule has 152 valence electrons. The van der Waals surface area contributed by atoms with E-state index in [4.69, 9.17) is 32.7 Å². The maximum absolute atomic E-state index is 13.5. The summed E-state index contributed by atoms with van der Waals surface area (Å²) in [7, 11) is -3.45. The van der Waals surface area contributed by atoms with Crippen LogP contribution in [0.3, 0.4) is 0 Å². The second kappa shape index (κ2) is 10.6. The van der Waals surface area contributed by atoms with Crippen LogP contribution < -0.4 is 11.1 Å². The molecule has 0 saturated heterocycles. The van der Waals surface area contributed by atoms with Crippen LogP contribution in [0.1, 0.15) is 11.7 Å². The molecule has 0 aromatic heterocycles. The van der Waals surface area contributed by atoms with E-state index in [0.29, 0.717) is 6.54 Å². The summed E-state index contributed by atoms with van der Waals surface area (Å²) >= 11 is 10.9. The highest BCUT2D eigenvalue weighted by molar-refractivity contribution is 7.90. The van der Waals surface area contributed by atoms with Gasteiger partial charge in [0.05, 0.1) is 10.9 Å². The van der Waals surface area contributed by atoms with Crippen LogP contribution in [0.25, 0.3) is 0 Å². The van der Waals surface area contributed by atoms with E-state index >= 15 is 0 Å². The zero-order chi connectivity index (χ0) is 20.6. The Morgan fingerprint density at radius 3 is 2.30 bits per heavy atom. The van der Waals surface area contributed by atoms with Gasteiger partial charge in [-0.05, 0) is 17.7 Å². The van der Waals surface area contributed by atoms with Gasteiger partial charge in [0, 0.05) is 6.26 Å². The second-order valence-electron chi connectivity index (χ2n) is 5.40. The van der Waals surface area contributed by atoms with Crippen molar-refractivity contribution < 1.29 is 37.6 Å². The standard InChI is InChI=1S/C15H19Cl2FN2O6S/c1-27(23,24)10-4-2-9(3-5-10)12(26-15(22)25-7-6-19)11(8-18)20-14(21)13(16)17/h2-5,11-13H,6-8,19H2,1H3,(H,20,21)/p+1/t11-,12-/m1/s1. The molecule has 8 nitrogen and oxygen atoms in total. The number of benzene rings is 1. The Bertz CT molecular complexity index is 745. The lowest BCUT2D eigenvalue weighted by molar-refractivity contribution is -0.372. The fraction of sp³-hybridized carbons (Fsp3) is 0.467. The third kappa shape index (κ3) is 7.49. The van der Waals surface area contributed by atoms with Crippen LogP contribution >= 0.6 is 23.2 Å². The van der Waals surface area contributed by atoms with E-state index in [1.807, 2.05) is 0 Å². The van der Waals surface area contributed by atoms with Crippen LogP contribution in [-0.2, 0) is 24.1 Å². The Balaban J connectivity index is 3.15. The highest BCUT2D eigenvalue weighted by Crippen LogP contribution is 2.25. The first-order valence-electron chi connectivity index (χ1n) is 7.67. The van der Waals surface area contributed by atoms with Crippen LogP contribution in [-0.4, -0.2) is 57.4 Å². The molecule has 0 unspecified atom stereocenters. The molecule has 0 fully saturated rings. The average Bonchev–Trinajstić information content (AvgIpc) is 2.61. The first-order valence-corrected chi connectivity index (χ1v) is 10.4. The van der Waals surface area contributed by atoms with Gasteiger partial charge in [0.15, 0.2) is 20.8 Å². The van der Waals surface area contributed by atoms with Crippen molar-refractivity contribution in [3.63, 3.8) is 0 Å². The monoisotopic (exact) mass is 445 g/mol. The molecule has 12 heteroatoms. The van der Waals surface area contributed by atoms with Gasteiger partial charge in [0.1, 0.15) is 19.8 Å². The van der Waals surface area contributed by atoms with E-state index in [9.17, 15) is 22.4 Å². The SMILES string of the molecule is CS(=O)(=O)c1ccc([C@@H](OC(=O)OCC[NH3+])[C@@H](CF)NC(=O)C(Cl)Cl)cc1. The Morgan fingerprint density at radius 1 is 1.26 bits per heavy atom. The first kappa shape index (κ1) is 23.4. The minimum Gasteiger partial charge on any atom is -0.428 e. The smallest absolute Gasteiger partial charge is 0.428 e. The molecule has 1 aromatic rings. The molecule has 0 saturated carbocycles. The van der Waals surface area contributed by atoms with E-state index in [0.717, 1.165) is 6.26 Å². The van der Waals surface area contributed by atoms with Crippen molar-refractivity contribution in [2.45, 2.75) is 21.9 Å². The molecule has 1 aromatic carbocycles. The molecule has 0 spiro atoms. The zero-order valence-electron chi connectivity index (χ0n) is 14.4. The Morgan fingerprint density at radius 2 is 1.85 bits per heavy atom. The Hall–Kier alpha value is -1.62. The lowest BCUT2D eigenvalue weighted by Crippen LogP contribution is -2.52. The number of alkyl halides is 3. The first-order chi connectivity index (χ1) is 12.6. The fourth-order valence-corrected chi connectivity index (χ4v) is 2.78. The lowest BCUT2D eigenvalue weighted by Gasteiger charge is -2.26. The van der Waals surface area contributed by atoms with Gasteiger partial charge in [-0.25, -0.2) is 17.6 Å². The average molecular weight is 446 g/mol. The summed E-state index contributed by atoms with van der Waals surface area (Å²) in [5, 5.41) is 2.23. The van der Waals surface area contributed by atoms with Crippen molar-refractivity contribution in [2.24, 2.45) is 0 Å². The molecule has 1 rings (SSSR count). The van der Waals surface area contributed by atoms with Crippen molar-refractivity contribution in [1.29, 1.82) is 0 Å². The van der Waals surface area contributed by atoms with Crippen LogP contribution in [0.4, 0.5) is 9.18 Å². The molecule has 0 radical (unpaired) electrons. The molecular weight excluding hydrogens is 426 g/mol. The van der Waals surface area contributed by atoms with Crippen LogP contribution in [0.15, 0.2) is 29.2 Å². The van der Waals surface area contributed by atoms with E-state index < -0.39 is 45.6 Å². The lowest BCUT2D eigenvalue weighted by atomic mass is 10.0. The summed E-state index contributed by atoms with van der Waals surface area (Å²) in [5.41, 5.74) is 3.74. The van der Waals surface area contributed by atoms with Crippen molar-refractivity contribution >= 4 is 45.1 Å². The highest BCUT2D eigenvalue weighted by Gasteiger charge is 2.31. The topological polar surface area (TPSA) is 126 Å². The maximum Gasteiger partial charge on any atom is 0.509 e. The van der Waals surface area contributed by atoms with Crippen molar-refractivity contribution in [3.05, 3.63) is 29.8 Å². The van der Waals surface area contributed by atoms with Gasteiger partial charge >= 0.3 is 6.16 Å². The number of hydrogen-bond donors (Lipinski definition) is 2. The molecule has 2 atom stereocenters. The number of rotatable bonds is 9. The molecular formula is C15H20Cl2FN2O6S+. The summed E-state index contributed by atoms with van der Waals surface area (Å²) in [6.07, 6.45) is -1.38. The van der Waals surface area contributed by atoms with E-state index in [2.05, 4.69) is 11.1 Å². The number of quaternary nitrogens is 1. The second-order valence-corrected chi connectivity index (χ2v) is 8.51. The summed E-state index contributed by atoms with van der Waals surface area (Å²) in [6.45, 7) is -0.837. The normalized spacial score (nSPS) is 13.7. The van der Waals surface area contributed by atoms with Crippen molar-refractivity contribution in [3.8, 4) is 0 Å². The number of amides is 1. The van der Waals surface area contributed by atoms with Gasteiger partial charge < -0.3 is 20.5 Å². The van der Waals surface area contributed by atoms with Gasteiger partial charge in [-0.15, -0.1) is 0 Å². The van der Waals surface area contributed by atoms with Gasteiger partial charge in [0.25, 0.3) is 5.91 Å². The van der Waals surface area contributed by atoms with E-state index in [1.54, 1.807) is 0 Å². The zero-order valence-corrected chi connectivity index (χ0v) is 16.7. The molecule has 27 heavy (non-hydrogen) atoms. The molecule has 4 N–H and O–H groups in total. The number of ether oxygens (including phenoxy) is 2. The van der Waals surface area contributed by atoms with Crippen LogP contribution in [0.2, 0.25) is 0 Å². The molecule has 0 aliphatic carbocycles. The largest absolute Gasteiger partial charge is 0.509 e. The summed E-state index contributed by atoms with van der Waals surface area (Å²) in [5.74, 6) is -0.881. The van der Waals surface area contributed by atoms with Crippen LogP contribution in [0.5, 0.6) is 0 Å². The molecule has 1 amide bonds. The Labute approximate surface area is 166 Å². The van der Waals surface area contributed by atoms with Gasteiger partial charge in [-0.1, -0.05) is 35.3 Å². The Kier molecular flexibility index (Phi) is 9.23. The number of halogens is 3. The van der Waals surface area contributed by atoms with E-state index in [-0.39, 0.29) is 17.1 Å². The number of carbonyl (C=O) groups is 2. The number of carbonyl (C=O) groups excluding carboxylic acids is 2. The predicted molar refractivity (Wildman–Crippen MR) is 95.9 cm³/mol. The molecule has 0 heterocycles. The summed E-state index contributed by atoms with van der Waals surface area (Å²) in [6, 6.07) is 3.89. The van der Waals surface area contributed by atoms with E-state index in [1.165, 1.54) is 24.3 Å². The summed E-state index contributed by atoms with van der Waals surface area (Å²) in [4.78, 5) is 22.1. The molecule has 0 aliphatic rings. The molecule has 0 aliphatic heterocycles. The quantitative estimate of drug-likeness (QED) is 0.427. The maximum atomic E-state index is 13.5. The van der Waals surface area contributed by atoms with Crippen molar-refractivity contribution in [1.82, 2.24) is 5.32 Å². The van der Waals surface area contributed by atoms with Gasteiger partial charge in [-0.2, -0.15) is 0 Å². The highest BCUT2D eigenvalue weighted by atomic mass is 35.5. The molecule has 0 bridgehead atoms. The van der Waals surface area contributed by atoms with Gasteiger partial charge in [-0.3, -0.25) is 4.79 Å². The van der Waals surface area contributed by atoms with Gasteiger partial charge in [0.2, 0.25) is 0 Å². The number of nitrogens with one attached hydrogen (secondary N) is 1. The minimum atomic E-state index is -3.45. The van der Waals surface area contributed by atoms with Crippen molar-refractivity contribution in [2.75, 3.05) is 26.1 Å². The number of hydrogen-bond acceptors (Lipinski definition) is 6. The minimum absolute atomic E-state index is 0.0172. The third-order valence-corrected chi connectivity index (χ3v) is 4.81.